The average molecular weight is 280 g/mol. The molecule has 0 unspecified atom stereocenters. The standard InChI is InChI=1S/C17H16O2Si/c1-15(18)19-17-12-10-16(11-13-17)9-7-5-6-8-14-20(2,3)4/h10-13H,1-4H3. The predicted molar refractivity (Wildman–Crippen MR) is 83.5 cm³/mol. The van der Waals surface area contributed by atoms with Crippen molar-refractivity contribution in [2.24, 2.45) is 0 Å². The lowest BCUT2D eigenvalue weighted by Gasteiger charge is -2.01. The molecule has 0 bridgehead atoms. The summed E-state index contributed by atoms with van der Waals surface area (Å²) >= 11 is 0. The van der Waals surface area contributed by atoms with E-state index in [0.717, 1.165) is 5.56 Å². The highest BCUT2D eigenvalue weighted by Gasteiger charge is 2.06. The van der Waals surface area contributed by atoms with Crippen LogP contribution >= 0.6 is 0 Å². The lowest BCUT2D eigenvalue weighted by atomic mass is 10.2. The van der Waals surface area contributed by atoms with E-state index in [1.165, 1.54) is 6.92 Å². The lowest BCUT2D eigenvalue weighted by molar-refractivity contribution is -0.131. The van der Waals surface area contributed by atoms with Gasteiger partial charge >= 0.3 is 5.97 Å². The van der Waals surface area contributed by atoms with Crippen molar-refractivity contribution in [2.45, 2.75) is 26.6 Å². The van der Waals surface area contributed by atoms with E-state index < -0.39 is 8.07 Å². The van der Waals surface area contributed by atoms with Crippen LogP contribution in [0, 0.1) is 35.1 Å². The normalized spacial score (nSPS) is 9.00. The third kappa shape index (κ3) is 7.12. The van der Waals surface area contributed by atoms with Gasteiger partial charge in [0.15, 0.2) is 0 Å². The molecule has 0 amide bonds. The van der Waals surface area contributed by atoms with Gasteiger partial charge in [-0.2, -0.15) is 0 Å². The van der Waals surface area contributed by atoms with Gasteiger partial charge in [0, 0.05) is 12.5 Å². The Morgan fingerprint density at radius 3 is 2.15 bits per heavy atom. The molecule has 20 heavy (non-hydrogen) atoms. The lowest BCUT2D eigenvalue weighted by Crippen LogP contribution is -2.16. The first-order valence-corrected chi connectivity index (χ1v) is 9.68. The fourth-order valence-electron chi connectivity index (χ4n) is 1.16. The molecule has 0 radical (unpaired) electrons. The number of carbonyl (C=O) groups excluding carboxylic acids is 1. The molecule has 1 rings (SSSR count). The zero-order chi connectivity index (χ0) is 15.0. The van der Waals surface area contributed by atoms with Gasteiger partial charge in [-0.3, -0.25) is 4.79 Å². The van der Waals surface area contributed by atoms with E-state index in [4.69, 9.17) is 4.74 Å². The van der Waals surface area contributed by atoms with E-state index >= 15 is 0 Å². The third-order valence-corrected chi connectivity index (χ3v) is 2.82. The Kier molecular flexibility index (Phi) is 5.67. The molecule has 0 heterocycles. The van der Waals surface area contributed by atoms with Gasteiger partial charge in [-0.1, -0.05) is 25.6 Å². The zero-order valence-corrected chi connectivity index (χ0v) is 13.1. The number of esters is 1. The van der Waals surface area contributed by atoms with Crippen LogP contribution in [-0.4, -0.2) is 14.0 Å². The Hall–Kier alpha value is -2.41. The minimum atomic E-state index is -1.35. The van der Waals surface area contributed by atoms with Crippen molar-refractivity contribution in [3.8, 4) is 40.9 Å². The van der Waals surface area contributed by atoms with Crippen LogP contribution in [0.3, 0.4) is 0 Å². The number of carbonyl (C=O) groups is 1. The summed E-state index contributed by atoms with van der Waals surface area (Å²) < 4.78 is 4.93. The third-order valence-electron chi connectivity index (χ3n) is 1.95. The van der Waals surface area contributed by atoms with Crippen LogP contribution in [0.1, 0.15) is 12.5 Å². The van der Waals surface area contributed by atoms with Gasteiger partial charge in [0.1, 0.15) is 13.8 Å². The molecule has 0 aromatic heterocycles. The summed E-state index contributed by atoms with van der Waals surface area (Å²) in [7, 11) is -1.35. The molecule has 0 saturated heterocycles. The number of hydrogen-bond donors (Lipinski definition) is 0. The summed E-state index contributed by atoms with van der Waals surface area (Å²) in [5.74, 6) is 14.1. The molecule has 0 N–H and O–H groups in total. The average Bonchev–Trinajstić information content (AvgIpc) is 2.33. The van der Waals surface area contributed by atoms with E-state index in [9.17, 15) is 4.79 Å². The van der Waals surface area contributed by atoms with E-state index in [0.29, 0.717) is 5.75 Å². The molecule has 3 heteroatoms. The van der Waals surface area contributed by atoms with E-state index in [1.54, 1.807) is 24.3 Å². The number of benzene rings is 1. The zero-order valence-electron chi connectivity index (χ0n) is 12.1. The Morgan fingerprint density at radius 1 is 1.00 bits per heavy atom. The van der Waals surface area contributed by atoms with Crippen molar-refractivity contribution in [3.05, 3.63) is 29.8 Å². The highest BCUT2D eigenvalue weighted by atomic mass is 28.3. The second-order valence-electron chi connectivity index (χ2n) is 5.12. The van der Waals surface area contributed by atoms with Gasteiger partial charge < -0.3 is 4.74 Å². The quantitative estimate of drug-likeness (QED) is 0.342. The maximum absolute atomic E-state index is 10.8. The Bertz CT molecular complexity index is 660. The van der Waals surface area contributed by atoms with Gasteiger partial charge in [0.2, 0.25) is 0 Å². The molecule has 0 atom stereocenters. The second kappa shape index (κ2) is 7.24. The van der Waals surface area contributed by atoms with Crippen molar-refractivity contribution in [1.29, 1.82) is 0 Å². The summed E-state index contributed by atoms with van der Waals surface area (Å²) in [6.07, 6.45) is 0. The largest absolute Gasteiger partial charge is 0.427 e. The fraction of sp³-hybridized carbons (Fsp3) is 0.235. The Balaban J connectivity index is 2.66. The van der Waals surface area contributed by atoms with Gasteiger partial charge in [0.05, 0.1) is 0 Å². The maximum Gasteiger partial charge on any atom is 0.308 e. The maximum atomic E-state index is 10.8. The summed E-state index contributed by atoms with van der Waals surface area (Å²) in [6, 6.07) is 6.95. The number of hydrogen-bond acceptors (Lipinski definition) is 2. The molecular formula is C17H16O2Si. The van der Waals surface area contributed by atoms with Gasteiger partial charge in [-0.15, -0.1) is 5.54 Å². The molecule has 0 aliphatic rings. The van der Waals surface area contributed by atoms with E-state index in [-0.39, 0.29) is 5.97 Å². The van der Waals surface area contributed by atoms with Gasteiger partial charge in [0.25, 0.3) is 0 Å². The van der Waals surface area contributed by atoms with E-state index in [2.05, 4.69) is 54.8 Å². The summed E-state index contributed by atoms with van der Waals surface area (Å²) in [5.41, 5.74) is 3.96. The highest BCUT2D eigenvalue weighted by Crippen LogP contribution is 2.11. The minimum absolute atomic E-state index is 0.337. The number of ether oxygens (including phenoxy) is 1. The van der Waals surface area contributed by atoms with Crippen LogP contribution < -0.4 is 4.74 Å². The molecule has 0 aliphatic heterocycles. The Labute approximate surface area is 121 Å². The first-order chi connectivity index (χ1) is 9.37. The molecule has 1 aromatic rings. The molecular weight excluding hydrogens is 264 g/mol. The van der Waals surface area contributed by atoms with Crippen LogP contribution in [0.5, 0.6) is 5.75 Å². The van der Waals surface area contributed by atoms with Gasteiger partial charge in [-0.05, 0) is 47.9 Å². The molecule has 2 nitrogen and oxygen atoms in total. The van der Waals surface area contributed by atoms with E-state index in [1.807, 2.05) is 0 Å². The topological polar surface area (TPSA) is 26.3 Å². The minimum Gasteiger partial charge on any atom is -0.427 e. The first kappa shape index (κ1) is 15.6. The molecule has 0 saturated carbocycles. The van der Waals surface area contributed by atoms with Crippen molar-refractivity contribution < 1.29 is 9.53 Å². The van der Waals surface area contributed by atoms with Crippen LogP contribution in [0.25, 0.3) is 0 Å². The summed E-state index contributed by atoms with van der Waals surface area (Å²) in [4.78, 5) is 10.8. The molecule has 0 aliphatic carbocycles. The van der Waals surface area contributed by atoms with Crippen LogP contribution in [-0.2, 0) is 4.79 Å². The van der Waals surface area contributed by atoms with Crippen molar-refractivity contribution in [1.82, 2.24) is 0 Å². The molecule has 100 valence electrons. The fourth-order valence-corrected chi connectivity index (χ4v) is 1.59. The first-order valence-electron chi connectivity index (χ1n) is 6.18. The smallest absolute Gasteiger partial charge is 0.308 e. The Morgan fingerprint density at radius 2 is 1.60 bits per heavy atom. The van der Waals surface area contributed by atoms with Crippen LogP contribution in [0.4, 0.5) is 0 Å². The van der Waals surface area contributed by atoms with Crippen molar-refractivity contribution in [3.63, 3.8) is 0 Å². The van der Waals surface area contributed by atoms with Gasteiger partial charge in [-0.25, -0.2) is 0 Å². The summed E-state index contributed by atoms with van der Waals surface area (Å²) in [6.45, 7) is 7.86. The van der Waals surface area contributed by atoms with Crippen LogP contribution in [0.15, 0.2) is 24.3 Å². The number of rotatable bonds is 1. The SMILES string of the molecule is CC(=O)Oc1ccc(C#CC#CC#C[Si](C)(C)C)cc1. The van der Waals surface area contributed by atoms with Crippen molar-refractivity contribution >= 4 is 14.0 Å². The molecule has 0 fully saturated rings. The predicted octanol–water partition coefficient (Wildman–Crippen LogP) is 2.85. The highest BCUT2D eigenvalue weighted by molar-refractivity contribution is 6.83. The summed E-state index contributed by atoms with van der Waals surface area (Å²) in [5, 5.41) is 0. The molecule has 1 aromatic carbocycles. The van der Waals surface area contributed by atoms with Crippen molar-refractivity contribution in [2.75, 3.05) is 0 Å². The molecule has 0 spiro atoms. The monoisotopic (exact) mass is 280 g/mol. The second-order valence-corrected chi connectivity index (χ2v) is 9.87. The van der Waals surface area contributed by atoms with Crippen LogP contribution in [0.2, 0.25) is 19.6 Å².